The molecule has 3 fully saturated rings. The third-order valence-corrected chi connectivity index (χ3v) is 8.70. The molecule has 0 aliphatic carbocycles. The van der Waals surface area contributed by atoms with E-state index in [0.29, 0.717) is 52.5 Å². The van der Waals surface area contributed by atoms with E-state index in [1.165, 1.54) is 16.2 Å². The monoisotopic (exact) mass is 563 g/mol. The molecule has 9 nitrogen and oxygen atoms in total. The number of amides is 1. The summed E-state index contributed by atoms with van der Waals surface area (Å²) in [6.07, 6.45) is 5.28. The lowest BCUT2D eigenvalue weighted by Crippen LogP contribution is -2.47. The van der Waals surface area contributed by atoms with Crippen LogP contribution in [0.4, 0.5) is 11.5 Å². The minimum Gasteiger partial charge on any atom is -0.497 e. The van der Waals surface area contributed by atoms with Crippen LogP contribution in [0.2, 0.25) is 0 Å². The number of anilines is 2. The maximum atomic E-state index is 13.7. The summed E-state index contributed by atoms with van der Waals surface area (Å²) in [6, 6.07) is 13.5. The molecule has 3 aromatic rings. The molecule has 3 saturated heterocycles. The summed E-state index contributed by atoms with van der Waals surface area (Å²) < 4.78 is 13.0. The molecule has 5 heterocycles. The Morgan fingerprint density at radius 2 is 1.87 bits per heavy atom. The number of ether oxygens (including phenoxy) is 2. The number of benzene rings is 1. The summed E-state index contributed by atoms with van der Waals surface area (Å²) in [6.45, 7) is 4.06. The van der Waals surface area contributed by atoms with Gasteiger partial charge >= 0.3 is 0 Å². The van der Waals surface area contributed by atoms with Gasteiger partial charge in [0.15, 0.2) is 0 Å². The molecule has 1 aromatic carbocycles. The second-order valence-corrected chi connectivity index (χ2v) is 11.4. The van der Waals surface area contributed by atoms with Gasteiger partial charge in [0.05, 0.1) is 30.2 Å². The number of piperazine rings is 1. The smallest absolute Gasteiger partial charge is 0.267 e. The van der Waals surface area contributed by atoms with Gasteiger partial charge in [-0.1, -0.05) is 30.0 Å². The zero-order valence-electron chi connectivity index (χ0n) is 21.6. The molecule has 3 aliphatic heterocycles. The summed E-state index contributed by atoms with van der Waals surface area (Å²) in [7, 11) is 1.66. The highest BCUT2D eigenvalue weighted by Crippen LogP contribution is 2.34. The van der Waals surface area contributed by atoms with Gasteiger partial charge < -0.3 is 19.3 Å². The maximum Gasteiger partial charge on any atom is 0.267 e. The number of aromatic nitrogens is 2. The van der Waals surface area contributed by atoms with E-state index in [1.807, 2.05) is 24.3 Å². The fourth-order valence-electron chi connectivity index (χ4n) is 5.21. The summed E-state index contributed by atoms with van der Waals surface area (Å²) in [4.78, 5) is 38.4. The third kappa shape index (κ3) is 5.13. The highest BCUT2D eigenvalue weighted by molar-refractivity contribution is 8.26. The van der Waals surface area contributed by atoms with Gasteiger partial charge in [0.2, 0.25) is 0 Å². The lowest BCUT2D eigenvalue weighted by atomic mass is 10.2. The van der Waals surface area contributed by atoms with Crippen LogP contribution in [0.25, 0.3) is 11.7 Å². The molecule has 0 N–H and O–H groups in total. The second kappa shape index (κ2) is 11.0. The predicted octanol–water partition coefficient (Wildman–Crippen LogP) is 3.41. The van der Waals surface area contributed by atoms with E-state index < -0.39 is 0 Å². The Bertz CT molecular complexity index is 1490. The molecule has 0 spiro atoms. The van der Waals surface area contributed by atoms with Crippen LogP contribution in [0.1, 0.15) is 18.4 Å². The Morgan fingerprint density at radius 3 is 2.59 bits per heavy atom. The number of nitrogens with zero attached hydrogens (tertiary/aromatic N) is 5. The van der Waals surface area contributed by atoms with Crippen molar-refractivity contribution < 1.29 is 14.3 Å². The van der Waals surface area contributed by atoms with Crippen LogP contribution in [0, 0.1) is 0 Å². The Hall–Kier alpha value is -3.41. The minimum atomic E-state index is -0.211. The van der Waals surface area contributed by atoms with Crippen molar-refractivity contribution in [2.75, 3.05) is 56.2 Å². The quantitative estimate of drug-likeness (QED) is 0.331. The Morgan fingerprint density at radius 1 is 1.10 bits per heavy atom. The first-order valence-corrected chi connectivity index (χ1v) is 14.3. The van der Waals surface area contributed by atoms with Crippen LogP contribution in [-0.2, 0) is 9.53 Å². The van der Waals surface area contributed by atoms with Gasteiger partial charge in [-0.2, -0.15) is 0 Å². The fourth-order valence-corrected chi connectivity index (χ4v) is 6.47. The van der Waals surface area contributed by atoms with Gasteiger partial charge in [-0.3, -0.25) is 18.9 Å². The second-order valence-electron chi connectivity index (χ2n) is 9.68. The molecule has 39 heavy (non-hydrogen) atoms. The average molecular weight is 564 g/mol. The number of pyridine rings is 1. The minimum absolute atomic E-state index is 0.00244. The number of carbonyl (C=O) groups is 1. The molecular weight excluding hydrogens is 534 g/mol. The van der Waals surface area contributed by atoms with Crippen molar-refractivity contribution >= 4 is 57.4 Å². The first-order chi connectivity index (χ1) is 19.0. The first-order valence-electron chi connectivity index (χ1n) is 13.0. The SMILES string of the molecule is COc1ccc(N2CCN(c3nc4ccccn4c(=O)c3/C=C3\SC(=S)N(CC4CCCO4)C3=O)CC2)cc1. The van der Waals surface area contributed by atoms with E-state index in [1.54, 1.807) is 30.3 Å². The molecular formula is C28H29N5O4S2. The molecule has 0 saturated carbocycles. The number of hydrogen-bond donors (Lipinski definition) is 0. The molecule has 11 heteroatoms. The zero-order valence-corrected chi connectivity index (χ0v) is 23.2. The molecule has 0 bridgehead atoms. The van der Waals surface area contributed by atoms with Crippen LogP contribution in [0.3, 0.4) is 0 Å². The molecule has 1 atom stereocenters. The highest BCUT2D eigenvalue weighted by Gasteiger charge is 2.35. The molecule has 0 radical (unpaired) electrons. The van der Waals surface area contributed by atoms with Gasteiger partial charge in [-0.15, -0.1) is 0 Å². The third-order valence-electron chi connectivity index (χ3n) is 7.32. The fraction of sp³-hybridized carbons (Fsp3) is 0.357. The van der Waals surface area contributed by atoms with Crippen molar-refractivity contribution in [3.63, 3.8) is 0 Å². The standard InChI is InChI=1S/C28H29N5O4S2/c1-36-20-9-7-19(8-10-20)30-12-14-31(15-13-30)25-22(26(34)32-11-3-2-6-24(32)29-25)17-23-27(35)33(28(38)39-23)18-21-5-4-16-37-21/h2-3,6-11,17,21H,4-5,12-16,18H2,1H3/b23-17-. The van der Waals surface area contributed by atoms with E-state index in [0.717, 1.165) is 37.4 Å². The number of hydrogen-bond acceptors (Lipinski definition) is 9. The summed E-state index contributed by atoms with van der Waals surface area (Å²) in [5.41, 5.74) is 1.88. The molecule has 1 unspecified atom stereocenters. The average Bonchev–Trinajstić information content (AvgIpc) is 3.58. The number of thioether (sulfide) groups is 1. The summed E-state index contributed by atoms with van der Waals surface area (Å²) in [5.74, 6) is 1.22. The van der Waals surface area contributed by atoms with Crippen molar-refractivity contribution in [1.82, 2.24) is 14.3 Å². The number of thiocarbonyl (C=S) groups is 1. The van der Waals surface area contributed by atoms with E-state index in [9.17, 15) is 9.59 Å². The van der Waals surface area contributed by atoms with Crippen LogP contribution >= 0.6 is 24.0 Å². The van der Waals surface area contributed by atoms with E-state index in [4.69, 9.17) is 26.7 Å². The normalized spacial score (nSPS) is 21.0. The molecule has 3 aliphatic rings. The zero-order chi connectivity index (χ0) is 26.9. The van der Waals surface area contributed by atoms with E-state index in [2.05, 4.69) is 21.9 Å². The van der Waals surface area contributed by atoms with Crippen molar-refractivity contribution in [2.24, 2.45) is 0 Å². The van der Waals surface area contributed by atoms with Crippen molar-refractivity contribution in [3.05, 3.63) is 69.5 Å². The number of rotatable bonds is 6. The maximum absolute atomic E-state index is 13.7. The Balaban J connectivity index is 1.30. The first kappa shape index (κ1) is 25.8. The summed E-state index contributed by atoms with van der Waals surface area (Å²) in [5, 5.41) is 0. The van der Waals surface area contributed by atoms with E-state index in [-0.39, 0.29) is 17.6 Å². The van der Waals surface area contributed by atoms with Crippen molar-refractivity contribution in [3.8, 4) is 5.75 Å². The highest BCUT2D eigenvalue weighted by atomic mass is 32.2. The number of fused-ring (bicyclic) bond motifs is 1. The number of methoxy groups -OCH3 is 1. The predicted molar refractivity (Wildman–Crippen MR) is 158 cm³/mol. The van der Waals surface area contributed by atoms with Crippen LogP contribution in [0.5, 0.6) is 5.75 Å². The van der Waals surface area contributed by atoms with Gasteiger partial charge in [-0.25, -0.2) is 4.98 Å². The Kier molecular flexibility index (Phi) is 7.28. The van der Waals surface area contributed by atoms with Crippen LogP contribution in [0.15, 0.2) is 58.4 Å². The molecule has 2 aromatic heterocycles. The van der Waals surface area contributed by atoms with Crippen LogP contribution in [-0.4, -0.2) is 77.1 Å². The summed E-state index contributed by atoms with van der Waals surface area (Å²) >= 11 is 6.77. The lowest BCUT2D eigenvalue weighted by molar-refractivity contribution is -0.123. The van der Waals surface area contributed by atoms with Crippen molar-refractivity contribution in [1.29, 1.82) is 0 Å². The van der Waals surface area contributed by atoms with Gasteiger partial charge in [0, 0.05) is 44.7 Å². The van der Waals surface area contributed by atoms with Crippen molar-refractivity contribution in [2.45, 2.75) is 18.9 Å². The number of carbonyl (C=O) groups excluding carboxylic acids is 1. The van der Waals surface area contributed by atoms with Gasteiger partial charge in [0.1, 0.15) is 21.5 Å². The van der Waals surface area contributed by atoms with Gasteiger partial charge in [-0.05, 0) is 55.3 Å². The Labute approximate surface area is 236 Å². The molecule has 1 amide bonds. The largest absolute Gasteiger partial charge is 0.497 e. The molecule has 202 valence electrons. The van der Waals surface area contributed by atoms with Crippen LogP contribution < -0.4 is 20.1 Å². The lowest BCUT2D eigenvalue weighted by Gasteiger charge is -2.37. The van der Waals surface area contributed by atoms with Gasteiger partial charge in [0.25, 0.3) is 11.5 Å². The molecule has 6 rings (SSSR count). The van der Waals surface area contributed by atoms with E-state index >= 15 is 0 Å². The topological polar surface area (TPSA) is 79.6 Å².